The second kappa shape index (κ2) is 13.0. The van der Waals surface area contributed by atoms with Crippen LogP contribution in [-0.4, -0.2) is 56.0 Å². The predicted octanol–water partition coefficient (Wildman–Crippen LogP) is 2.10. The maximum absolute atomic E-state index is 11.2. The van der Waals surface area contributed by atoms with E-state index in [1.165, 1.54) is 25.7 Å². The highest BCUT2D eigenvalue weighted by molar-refractivity contribution is 5.79. The summed E-state index contributed by atoms with van der Waals surface area (Å²) in [6.45, 7) is 8.50. The third-order valence-corrected chi connectivity index (χ3v) is 5.03. The fraction of sp³-hybridized carbons (Fsp3) is 0.895. The van der Waals surface area contributed by atoms with Crippen LogP contribution in [0.5, 0.6) is 0 Å². The van der Waals surface area contributed by atoms with E-state index in [1.807, 2.05) is 7.05 Å². The van der Waals surface area contributed by atoms with Crippen LogP contribution in [-0.2, 0) is 4.79 Å². The monoisotopic (exact) mass is 353 g/mol. The Kier molecular flexibility index (Phi) is 11.3. The molecule has 1 amide bonds. The molecule has 0 spiro atoms. The Balaban J connectivity index is 2.07. The topological polar surface area (TPSA) is 82.8 Å². The molecule has 0 bridgehead atoms. The quantitative estimate of drug-likeness (QED) is 0.302. The minimum Gasteiger partial charge on any atom is -0.369 e. The summed E-state index contributed by atoms with van der Waals surface area (Å²) in [5.74, 6) is 0.865. The van der Waals surface area contributed by atoms with Crippen LogP contribution in [0.2, 0.25) is 0 Å². The summed E-state index contributed by atoms with van der Waals surface area (Å²) in [6, 6.07) is 0.462. The number of carbonyl (C=O) groups is 1. The van der Waals surface area contributed by atoms with Crippen molar-refractivity contribution in [3.05, 3.63) is 0 Å². The zero-order valence-electron chi connectivity index (χ0n) is 16.5. The zero-order chi connectivity index (χ0) is 18.5. The van der Waals surface area contributed by atoms with Crippen LogP contribution in [0.1, 0.15) is 65.2 Å². The number of nitrogens with one attached hydrogen (secondary N) is 2. The fourth-order valence-corrected chi connectivity index (χ4v) is 3.31. The molecule has 1 heterocycles. The normalized spacial score (nSPS) is 18.1. The van der Waals surface area contributed by atoms with E-state index in [2.05, 4.69) is 34.4 Å². The number of unbranched alkanes of at least 4 members (excludes halogenated alkanes) is 3. The maximum Gasteiger partial charge on any atom is 0.220 e. The SMILES string of the molecule is CCCCCC(C)NC(=NC)NCCCCN1CCC(C(N)=O)CC1. The van der Waals surface area contributed by atoms with E-state index in [-0.39, 0.29) is 11.8 Å². The van der Waals surface area contributed by atoms with Gasteiger partial charge in [0.25, 0.3) is 0 Å². The number of likely N-dealkylation sites (tertiary alicyclic amines) is 1. The summed E-state index contributed by atoms with van der Waals surface area (Å²) < 4.78 is 0. The van der Waals surface area contributed by atoms with Gasteiger partial charge in [0.2, 0.25) is 5.91 Å². The molecular weight excluding hydrogens is 314 g/mol. The zero-order valence-corrected chi connectivity index (χ0v) is 16.5. The molecule has 0 aromatic rings. The molecule has 1 atom stereocenters. The summed E-state index contributed by atoms with van der Waals surface area (Å²) >= 11 is 0. The molecule has 0 aromatic carbocycles. The molecule has 1 aliphatic heterocycles. The largest absolute Gasteiger partial charge is 0.369 e. The Morgan fingerprint density at radius 1 is 1.24 bits per heavy atom. The Morgan fingerprint density at radius 3 is 2.56 bits per heavy atom. The van der Waals surface area contributed by atoms with Gasteiger partial charge in [-0.15, -0.1) is 0 Å². The van der Waals surface area contributed by atoms with Gasteiger partial charge in [0, 0.05) is 25.6 Å². The highest BCUT2D eigenvalue weighted by Crippen LogP contribution is 2.16. The maximum atomic E-state index is 11.2. The van der Waals surface area contributed by atoms with E-state index in [0.29, 0.717) is 6.04 Å². The van der Waals surface area contributed by atoms with Gasteiger partial charge in [0.05, 0.1) is 0 Å². The van der Waals surface area contributed by atoms with Crippen molar-refractivity contribution in [3.63, 3.8) is 0 Å². The number of amides is 1. The van der Waals surface area contributed by atoms with Crippen molar-refractivity contribution in [1.82, 2.24) is 15.5 Å². The molecule has 4 N–H and O–H groups in total. The van der Waals surface area contributed by atoms with Crippen LogP contribution in [0, 0.1) is 5.92 Å². The number of hydrogen-bond donors (Lipinski definition) is 3. The molecule has 1 rings (SSSR count). The molecule has 0 aliphatic carbocycles. The number of nitrogens with zero attached hydrogens (tertiary/aromatic N) is 2. The highest BCUT2D eigenvalue weighted by Gasteiger charge is 2.22. The van der Waals surface area contributed by atoms with Crippen LogP contribution in [0.4, 0.5) is 0 Å². The first kappa shape index (κ1) is 21.7. The third kappa shape index (κ3) is 9.68. The molecule has 146 valence electrons. The second-order valence-electron chi connectivity index (χ2n) is 7.27. The van der Waals surface area contributed by atoms with Crippen LogP contribution >= 0.6 is 0 Å². The van der Waals surface area contributed by atoms with Gasteiger partial charge in [0.1, 0.15) is 0 Å². The lowest BCUT2D eigenvalue weighted by molar-refractivity contribution is -0.123. The summed E-state index contributed by atoms with van der Waals surface area (Å²) in [5, 5.41) is 6.88. The van der Waals surface area contributed by atoms with Crippen LogP contribution in [0.3, 0.4) is 0 Å². The van der Waals surface area contributed by atoms with Crippen molar-refractivity contribution in [1.29, 1.82) is 0 Å². The Hall–Kier alpha value is -1.30. The van der Waals surface area contributed by atoms with Crippen molar-refractivity contribution >= 4 is 11.9 Å². The lowest BCUT2D eigenvalue weighted by atomic mass is 9.96. The van der Waals surface area contributed by atoms with Gasteiger partial charge in [-0.2, -0.15) is 0 Å². The molecular formula is C19H39N5O. The van der Waals surface area contributed by atoms with Crippen LogP contribution in [0.25, 0.3) is 0 Å². The van der Waals surface area contributed by atoms with Gasteiger partial charge in [-0.05, 0) is 58.7 Å². The summed E-state index contributed by atoms with van der Waals surface area (Å²) in [5.41, 5.74) is 5.38. The second-order valence-corrected chi connectivity index (χ2v) is 7.27. The number of carbonyl (C=O) groups excluding carboxylic acids is 1. The Labute approximate surface area is 154 Å². The molecule has 0 saturated carbocycles. The van der Waals surface area contributed by atoms with E-state index in [0.717, 1.165) is 57.8 Å². The van der Waals surface area contributed by atoms with Gasteiger partial charge in [-0.3, -0.25) is 9.79 Å². The van der Waals surface area contributed by atoms with Crippen molar-refractivity contribution in [2.24, 2.45) is 16.6 Å². The summed E-state index contributed by atoms with van der Waals surface area (Å²) in [6.07, 6.45) is 9.15. The van der Waals surface area contributed by atoms with Gasteiger partial charge in [0.15, 0.2) is 5.96 Å². The molecule has 6 heteroatoms. The van der Waals surface area contributed by atoms with E-state index in [4.69, 9.17) is 5.73 Å². The Morgan fingerprint density at radius 2 is 1.96 bits per heavy atom. The van der Waals surface area contributed by atoms with Gasteiger partial charge < -0.3 is 21.3 Å². The van der Waals surface area contributed by atoms with Gasteiger partial charge in [-0.1, -0.05) is 26.2 Å². The number of aliphatic imine (C=N–C) groups is 1. The lowest BCUT2D eigenvalue weighted by Gasteiger charge is -2.30. The van der Waals surface area contributed by atoms with E-state index < -0.39 is 0 Å². The summed E-state index contributed by atoms with van der Waals surface area (Å²) in [7, 11) is 1.83. The fourth-order valence-electron chi connectivity index (χ4n) is 3.31. The smallest absolute Gasteiger partial charge is 0.220 e. The molecule has 6 nitrogen and oxygen atoms in total. The van der Waals surface area contributed by atoms with Crippen LogP contribution in [0.15, 0.2) is 4.99 Å². The standard InChI is InChI=1S/C19H39N5O/c1-4-5-6-9-16(2)23-19(21-3)22-12-7-8-13-24-14-10-17(11-15-24)18(20)25/h16-17H,4-15H2,1-3H3,(H2,20,25)(H2,21,22,23). The first-order chi connectivity index (χ1) is 12.1. The number of primary amides is 1. The first-order valence-electron chi connectivity index (χ1n) is 10.1. The van der Waals surface area contributed by atoms with Crippen molar-refractivity contribution in [2.75, 3.05) is 33.2 Å². The van der Waals surface area contributed by atoms with E-state index in [9.17, 15) is 4.79 Å². The van der Waals surface area contributed by atoms with Crippen LogP contribution < -0.4 is 16.4 Å². The van der Waals surface area contributed by atoms with Crippen molar-refractivity contribution < 1.29 is 4.79 Å². The highest BCUT2D eigenvalue weighted by atomic mass is 16.1. The van der Waals surface area contributed by atoms with E-state index in [1.54, 1.807) is 0 Å². The average Bonchev–Trinajstić information content (AvgIpc) is 2.61. The molecule has 25 heavy (non-hydrogen) atoms. The van der Waals surface area contributed by atoms with Crippen molar-refractivity contribution in [2.45, 2.75) is 71.3 Å². The summed E-state index contributed by atoms with van der Waals surface area (Å²) in [4.78, 5) is 17.9. The predicted molar refractivity (Wildman–Crippen MR) is 106 cm³/mol. The molecule has 1 saturated heterocycles. The first-order valence-corrected chi connectivity index (χ1v) is 10.1. The van der Waals surface area contributed by atoms with Gasteiger partial charge >= 0.3 is 0 Å². The average molecular weight is 354 g/mol. The molecule has 1 fully saturated rings. The lowest BCUT2D eigenvalue weighted by Crippen LogP contribution is -2.42. The third-order valence-electron chi connectivity index (χ3n) is 5.03. The van der Waals surface area contributed by atoms with E-state index >= 15 is 0 Å². The molecule has 1 aliphatic rings. The molecule has 1 unspecified atom stereocenters. The van der Waals surface area contributed by atoms with Gasteiger partial charge in [-0.25, -0.2) is 0 Å². The minimum atomic E-state index is -0.133. The number of piperidine rings is 1. The molecule has 0 aromatic heterocycles. The van der Waals surface area contributed by atoms with Crippen molar-refractivity contribution in [3.8, 4) is 0 Å². The number of guanidine groups is 1. The Bertz CT molecular complexity index is 391. The number of nitrogens with two attached hydrogens (primary N) is 1. The number of rotatable bonds is 11. The minimum absolute atomic E-state index is 0.0895. The molecule has 0 radical (unpaired) electrons. The number of hydrogen-bond acceptors (Lipinski definition) is 3.